The molecule has 1 rings (SSSR count). The second-order valence-electron chi connectivity index (χ2n) is 3.38. The number of aromatic amines is 1. The molecule has 2 heteroatoms. The van der Waals surface area contributed by atoms with E-state index in [0.29, 0.717) is 0 Å². The summed E-state index contributed by atoms with van der Waals surface area (Å²) in [6.45, 7) is 5.49. The molecule has 1 heterocycles. The number of aromatic nitrogens is 2. The summed E-state index contributed by atoms with van der Waals surface area (Å²) in [5, 5.41) is 0. The second kappa shape index (κ2) is 4.96. The molecule has 0 amide bonds. The molecule has 1 aromatic heterocycles. The molecular formula is C10H19N2+. The van der Waals surface area contributed by atoms with Crippen molar-refractivity contribution in [3.05, 3.63) is 18.2 Å². The van der Waals surface area contributed by atoms with Crippen molar-refractivity contribution in [2.75, 3.05) is 0 Å². The van der Waals surface area contributed by atoms with Crippen LogP contribution in [0, 0.1) is 6.92 Å². The van der Waals surface area contributed by atoms with Gasteiger partial charge in [-0.15, -0.1) is 0 Å². The van der Waals surface area contributed by atoms with Gasteiger partial charge in [0, 0.05) is 6.92 Å². The van der Waals surface area contributed by atoms with Crippen LogP contribution in [0.2, 0.25) is 0 Å². The van der Waals surface area contributed by atoms with Gasteiger partial charge in [0.05, 0.1) is 6.54 Å². The van der Waals surface area contributed by atoms with Crippen LogP contribution in [0.1, 0.15) is 38.3 Å². The maximum atomic E-state index is 3.17. The fourth-order valence-corrected chi connectivity index (χ4v) is 1.36. The largest absolute Gasteiger partial charge is 0.248 e. The van der Waals surface area contributed by atoms with Crippen LogP contribution >= 0.6 is 0 Å². The predicted molar refractivity (Wildman–Crippen MR) is 49.9 cm³/mol. The smallest absolute Gasteiger partial charge is 0.241 e. The molecule has 0 fully saturated rings. The highest BCUT2D eigenvalue weighted by atomic mass is 15.0. The van der Waals surface area contributed by atoms with E-state index in [9.17, 15) is 0 Å². The number of aryl methyl sites for hydroxylation is 2. The van der Waals surface area contributed by atoms with Gasteiger partial charge in [0.15, 0.2) is 0 Å². The Balaban J connectivity index is 2.15. The summed E-state index contributed by atoms with van der Waals surface area (Å²) in [5.74, 6) is 0. The third-order valence-corrected chi connectivity index (χ3v) is 2.09. The maximum absolute atomic E-state index is 3.17. The lowest BCUT2D eigenvalue weighted by Gasteiger charge is -1.95. The van der Waals surface area contributed by atoms with Crippen LogP contribution in [0.5, 0.6) is 0 Å². The number of imidazole rings is 1. The number of nitrogens with one attached hydrogen (secondary N) is 1. The van der Waals surface area contributed by atoms with Gasteiger partial charge >= 0.3 is 0 Å². The lowest BCUT2D eigenvalue weighted by atomic mass is 10.2. The van der Waals surface area contributed by atoms with Gasteiger partial charge in [-0.3, -0.25) is 0 Å². The molecule has 0 aliphatic heterocycles. The molecule has 12 heavy (non-hydrogen) atoms. The third-order valence-electron chi connectivity index (χ3n) is 2.09. The lowest BCUT2D eigenvalue weighted by molar-refractivity contribution is -0.696. The Labute approximate surface area is 74.6 Å². The van der Waals surface area contributed by atoms with Gasteiger partial charge in [0.2, 0.25) is 6.33 Å². The number of hydrogen-bond donors (Lipinski definition) is 1. The fourth-order valence-electron chi connectivity index (χ4n) is 1.36. The average Bonchev–Trinajstić information content (AvgIpc) is 2.45. The number of unbranched alkanes of at least 4 members (excludes halogenated alkanes) is 3. The molecule has 0 unspecified atom stereocenters. The van der Waals surface area contributed by atoms with Crippen LogP contribution < -0.4 is 4.57 Å². The molecule has 0 radical (unpaired) electrons. The molecule has 1 aromatic rings. The van der Waals surface area contributed by atoms with Gasteiger partial charge in [-0.2, -0.15) is 0 Å². The molecule has 0 aliphatic rings. The van der Waals surface area contributed by atoms with Crippen LogP contribution in [0.4, 0.5) is 0 Å². The van der Waals surface area contributed by atoms with Crippen molar-refractivity contribution in [2.24, 2.45) is 0 Å². The second-order valence-corrected chi connectivity index (χ2v) is 3.38. The van der Waals surface area contributed by atoms with Crippen molar-refractivity contribution in [1.29, 1.82) is 0 Å². The minimum Gasteiger partial charge on any atom is -0.248 e. The van der Waals surface area contributed by atoms with Crippen molar-refractivity contribution in [2.45, 2.75) is 46.1 Å². The fraction of sp³-hybridized carbons (Fsp3) is 0.700. The number of nitrogens with zero attached hydrogens (tertiary/aromatic N) is 1. The van der Waals surface area contributed by atoms with Gasteiger partial charge < -0.3 is 0 Å². The highest BCUT2D eigenvalue weighted by Gasteiger charge is 1.99. The van der Waals surface area contributed by atoms with E-state index in [1.54, 1.807) is 0 Å². The van der Waals surface area contributed by atoms with E-state index in [-0.39, 0.29) is 0 Å². The minimum atomic E-state index is 1.16. The van der Waals surface area contributed by atoms with Crippen LogP contribution in [0.3, 0.4) is 0 Å². The Morgan fingerprint density at radius 1 is 1.33 bits per heavy atom. The molecule has 0 saturated carbocycles. The zero-order valence-electron chi connectivity index (χ0n) is 8.14. The first-order chi connectivity index (χ1) is 5.83. The Hall–Kier alpha value is -0.790. The highest BCUT2D eigenvalue weighted by Crippen LogP contribution is 1.98. The Morgan fingerprint density at radius 3 is 2.75 bits per heavy atom. The predicted octanol–water partition coefficient (Wildman–Crippen LogP) is 2.19. The number of hydrogen-bond acceptors (Lipinski definition) is 0. The Kier molecular flexibility index (Phi) is 3.85. The summed E-state index contributed by atoms with van der Waals surface area (Å²) in [5.41, 5.74) is 1.24. The number of H-pyrrole nitrogens is 1. The van der Waals surface area contributed by atoms with Gasteiger partial charge in [-0.25, -0.2) is 9.55 Å². The van der Waals surface area contributed by atoms with E-state index < -0.39 is 0 Å². The van der Waals surface area contributed by atoms with Crippen molar-refractivity contribution >= 4 is 0 Å². The third kappa shape index (κ3) is 3.07. The molecule has 0 aromatic carbocycles. The summed E-state index contributed by atoms with van der Waals surface area (Å²) >= 11 is 0. The van der Waals surface area contributed by atoms with Gasteiger partial charge in [-0.1, -0.05) is 19.8 Å². The zero-order chi connectivity index (χ0) is 8.81. The molecule has 68 valence electrons. The summed E-state index contributed by atoms with van der Waals surface area (Å²) in [6, 6.07) is 0. The van der Waals surface area contributed by atoms with Crippen molar-refractivity contribution < 1.29 is 4.57 Å². The Morgan fingerprint density at radius 2 is 2.17 bits per heavy atom. The van der Waals surface area contributed by atoms with Crippen molar-refractivity contribution in [3.8, 4) is 0 Å². The molecule has 0 spiro atoms. The van der Waals surface area contributed by atoms with Crippen LogP contribution in [0.15, 0.2) is 12.5 Å². The van der Waals surface area contributed by atoms with E-state index in [2.05, 4.69) is 29.6 Å². The van der Waals surface area contributed by atoms with E-state index >= 15 is 0 Å². The number of rotatable bonds is 5. The van der Waals surface area contributed by atoms with Crippen LogP contribution in [-0.4, -0.2) is 4.98 Å². The van der Waals surface area contributed by atoms with Crippen molar-refractivity contribution in [3.63, 3.8) is 0 Å². The molecule has 1 N–H and O–H groups in total. The van der Waals surface area contributed by atoms with Crippen molar-refractivity contribution in [1.82, 2.24) is 4.98 Å². The first-order valence-corrected chi connectivity index (χ1v) is 4.87. The topological polar surface area (TPSA) is 19.7 Å². The summed E-state index contributed by atoms with van der Waals surface area (Å²) < 4.78 is 2.23. The standard InChI is InChI=1S/C10H18N2/c1-3-4-5-6-7-12-8-10(2)11-9-12/h8-9H,3-7H2,1-2H3/p+1. The molecule has 0 atom stereocenters. The summed E-state index contributed by atoms with van der Waals surface area (Å²) in [6.07, 6.45) is 9.54. The van der Waals surface area contributed by atoms with Gasteiger partial charge in [-0.05, 0) is 12.8 Å². The minimum absolute atomic E-state index is 1.16. The highest BCUT2D eigenvalue weighted by molar-refractivity contribution is 4.82. The molecule has 0 saturated heterocycles. The maximum Gasteiger partial charge on any atom is 0.241 e. The summed E-state index contributed by atoms with van der Waals surface area (Å²) in [4.78, 5) is 3.17. The Bertz CT molecular complexity index is 215. The van der Waals surface area contributed by atoms with Gasteiger partial charge in [0.25, 0.3) is 0 Å². The SMILES string of the molecule is CCCCCC[n+]1c[nH]c(C)c1. The monoisotopic (exact) mass is 167 g/mol. The first kappa shape index (κ1) is 9.30. The van der Waals surface area contributed by atoms with E-state index in [4.69, 9.17) is 0 Å². The molecule has 2 nitrogen and oxygen atoms in total. The quantitative estimate of drug-likeness (QED) is 0.512. The van der Waals surface area contributed by atoms with E-state index in [1.807, 2.05) is 6.33 Å². The average molecular weight is 167 g/mol. The van der Waals surface area contributed by atoms with Crippen LogP contribution in [-0.2, 0) is 6.54 Å². The van der Waals surface area contributed by atoms with Crippen LogP contribution in [0.25, 0.3) is 0 Å². The molecule has 0 aliphatic carbocycles. The molecular weight excluding hydrogens is 148 g/mol. The van der Waals surface area contributed by atoms with E-state index in [1.165, 1.54) is 31.4 Å². The van der Waals surface area contributed by atoms with E-state index in [0.717, 1.165) is 6.54 Å². The molecule has 0 bridgehead atoms. The van der Waals surface area contributed by atoms with Gasteiger partial charge in [0.1, 0.15) is 11.9 Å². The normalized spacial score (nSPS) is 10.5. The zero-order valence-corrected chi connectivity index (χ0v) is 8.14. The lowest BCUT2D eigenvalue weighted by Crippen LogP contribution is -2.30. The summed E-state index contributed by atoms with van der Waals surface area (Å²) in [7, 11) is 0. The first-order valence-electron chi connectivity index (χ1n) is 4.87.